The van der Waals surface area contributed by atoms with Crippen molar-refractivity contribution in [2.45, 2.75) is 65.2 Å². The average Bonchev–Trinajstić information content (AvgIpc) is 2.12. The van der Waals surface area contributed by atoms with Gasteiger partial charge in [-0.3, -0.25) is 0 Å². The standard InChI is InChI=1S/C12H27NO2/c1-6-10(4)12(5,15)7-11(14)8-13-9(2)3/h9-11,13-15H,6-8H2,1-5H3. The molecule has 0 aliphatic carbocycles. The molecule has 0 fully saturated rings. The fourth-order valence-electron chi connectivity index (χ4n) is 1.56. The van der Waals surface area contributed by atoms with Gasteiger partial charge in [0.15, 0.2) is 0 Å². The third-order valence-electron chi connectivity index (χ3n) is 3.08. The summed E-state index contributed by atoms with van der Waals surface area (Å²) in [5.74, 6) is 0.214. The highest BCUT2D eigenvalue weighted by Crippen LogP contribution is 2.24. The molecule has 3 N–H and O–H groups in total. The van der Waals surface area contributed by atoms with Gasteiger partial charge in [0.05, 0.1) is 11.7 Å². The number of aliphatic hydroxyl groups is 2. The minimum absolute atomic E-state index is 0.214. The zero-order chi connectivity index (χ0) is 12.1. The molecule has 0 radical (unpaired) electrons. The molecule has 3 nitrogen and oxygen atoms in total. The van der Waals surface area contributed by atoms with E-state index >= 15 is 0 Å². The number of rotatable bonds is 7. The highest BCUT2D eigenvalue weighted by Gasteiger charge is 2.29. The molecule has 0 saturated carbocycles. The molecule has 0 saturated heterocycles. The second-order valence-corrected chi connectivity index (χ2v) is 5.09. The molecular weight excluding hydrogens is 190 g/mol. The monoisotopic (exact) mass is 217 g/mol. The zero-order valence-corrected chi connectivity index (χ0v) is 10.7. The van der Waals surface area contributed by atoms with Crippen LogP contribution >= 0.6 is 0 Å². The van der Waals surface area contributed by atoms with Gasteiger partial charge in [-0.15, -0.1) is 0 Å². The quantitative estimate of drug-likeness (QED) is 0.606. The summed E-state index contributed by atoms with van der Waals surface area (Å²) in [6.45, 7) is 10.5. The maximum atomic E-state index is 10.1. The fraction of sp³-hybridized carbons (Fsp3) is 1.00. The zero-order valence-electron chi connectivity index (χ0n) is 10.7. The van der Waals surface area contributed by atoms with Crippen molar-refractivity contribution in [3.8, 4) is 0 Å². The minimum atomic E-state index is -0.771. The van der Waals surface area contributed by atoms with Crippen molar-refractivity contribution in [2.24, 2.45) is 5.92 Å². The van der Waals surface area contributed by atoms with Crippen LogP contribution in [0.3, 0.4) is 0 Å². The summed E-state index contributed by atoms with van der Waals surface area (Å²) in [4.78, 5) is 0. The van der Waals surface area contributed by atoms with E-state index in [0.29, 0.717) is 19.0 Å². The van der Waals surface area contributed by atoms with E-state index in [1.54, 1.807) is 6.92 Å². The summed E-state index contributed by atoms with van der Waals surface area (Å²) in [6.07, 6.45) is 0.885. The summed E-state index contributed by atoms with van der Waals surface area (Å²) in [5.41, 5.74) is -0.771. The molecule has 3 heteroatoms. The van der Waals surface area contributed by atoms with Gasteiger partial charge in [0.2, 0.25) is 0 Å². The fourth-order valence-corrected chi connectivity index (χ4v) is 1.56. The van der Waals surface area contributed by atoms with Crippen molar-refractivity contribution < 1.29 is 10.2 Å². The van der Waals surface area contributed by atoms with Gasteiger partial charge in [0, 0.05) is 19.0 Å². The average molecular weight is 217 g/mol. The molecule has 0 aliphatic heterocycles. The van der Waals surface area contributed by atoms with Crippen LogP contribution in [-0.4, -0.2) is 34.5 Å². The topological polar surface area (TPSA) is 52.5 Å². The van der Waals surface area contributed by atoms with Crippen LogP contribution in [-0.2, 0) is 0 Å². The Morgan fingerprint density at radius 2 is 1.80 bits per heavy atom. The second kappa shape index (κ2) is 6.46. The molecule has 0 aliphatic rings. The molecule has 0 bridgehead atoms. The third kappa shape index (κ3) is 6.13. The van der Waals surface area contributed by atoms with Gasteiger partial charge < -0.3 is 15.5 Å². The van der Waals surface area contributed by atoms with E-state index in [2.05, 4.69) is 12.2 Å². The van der Waals surface area contributed by atoms with E-state index in [-0.39, 0.29) is 5.92 Å². The van der Waals surface area contributed by atoms with E-state index in [0.717, 1.165) is 6.42 Å². The van der Waals surface area contributed by atoms with Crippen LogP contribution in [0.4, 0.5) is 0 Å². The normalized spacial score (nSPS) is 20.0. The minimum Gasteiger partial charge on any atom is -0.392 e. The molecule has 15 heavy (non-hydrogen) atoms. The first-order valence-electron chi connectivity index (χ1n) is 5.93. The highest BCUT2D eigenvalue weighted by atomic mass is 16.3. The van der Waals surface area contributed by atoms with Crippen LogP contribution in [0.2, 0.25) is 0 Å². The van der Waals surface area contributed by atoms with Gasteiger partial charge in [-0.1, -0.05) is 34.1 Å². The lowest BCUT2D eigenvalue weighted by Gasteiger charge is -2.32. The van der Waals surface area contributed by atoms with Gasteiger partial charge in [-0.25, -0.2) is 0 Å². The van der Waals surface area contributed by atoms with Crippen LogP contribution in [0, 0.1) is 5.92 Å². The summed E-state index contributed by atoms with van der Waals surface area (Å²) in [7, 11) is 0. The Hall–Kier alpha value is -0.120. The smallest absolute Gasteiger partial charge is 0.0692 e. The first-order chi connectivity index (χ1) is 6.79. The van der Waals surface area contributed by atoms with Crippen molar-refractivity contribution in [1.82, 2.24) is 5.32 Å². The molecule has 0 aromatic rings. The number of aliphatic hydroxyl groups excluding tert-OH is 1. The van der Waals surface area contributed by atoms with Gasteiger partial charge in [-0.2, -0.15) is 0 Å². The van der Waals surface area contributed by atoms with Crippen LogP contribution in [0.25, 0.3) is 0 Å². The Labute approximate surface area is 93.9 Å². The number of hydrogen-bond acceptors (Lipinski definition) is 3. The van der Waals surface area contributed by atoms with Crippen molar-refractivity contribution in [3.63, 3.8) is 0 Å². The molecular formula is C12H27NO2. The van der Waals surface area contributed by atoms with Crippen molar-refractivity contribution in [2.75, 3.05) is 6.54 Å². The lowest BCUT2D eigenvalue weighted by atomic mass is 9.84. The van der Waals surface area contributed by atoms with E-state index in [1.165, 1.54) is 0 Å². The maximum absolute atomic E-state index is 10.1. The van der Waals surface area contributed by atoms with Gasteiger partial charge >= 0.3 is 0 Å². The molecule has 3 atom stereocenters. The lowest BCUT2D eigenvalue weighted by molar-refractivity contribution is -0.0371. The Bertz CT molecular complexity index is 169. The Morgan fingerprint density at radius 3 is 2.20 bits per heavy atom. The molecule has 3 unspecified atom stereocenters. The third-order valence-corrected chi connectivity index (χ3v) is 3.08. The van der Waals surface area contributed by atoms with E-state index < -0.39 is 11.7 Å². The predicted molar refractivity (Wildman–Crippen MR) is 63.8 cm³/mol. The van der Waals surface area contributed by atoms with E-state index in [1.807, 2.05) is 20.8 Å². The molecule has 0 heterocycles. The van der Waals surface area contributed by atoms with Gasteiger partial charge in [-0.05, 0) is 12.8 Å². The van der Waals surface area contributed by atoms with Crippen molar-refractivity contribution in [3.05, 3.63) is 0 Å². The van der Waals surface area contributed by atoms with Crippen LogP contribution in [0.15, 0.2) is 0 Å². The van der Waals surface area contributed by atoms with Crippen LogP contribution < -0.4 is 5.32 Å². The van der Waals surface area contributed by atoms with Gasteiger partial charge in [0.1, 0.15) is 0 Å². The molecule has 0 aromatic heterocycles. The summed E-state index contributed by atoms with van der Waals surface area (Å²) < 4.78 is 0. The Balaban J connectivity index is 3.98. The summed E-state index contributed by atoms with van der Waals surface area (Å²) >= 11 is 0. The number of nitrogens with one attached hydrogen (secondary N) is 1. The largest absolute Gasteiger partial charge is 0.392 e. The van der Waals surface area contributed by atoms with E-state index in [9.17, 15) is 10.2 Å². The summed E-state index contributed by atoms with van der Waals surface area (Å²) in [5, 5.41) is 23.1. The first kappa shape index (κ1) is 14.9. The molecule has 92 valence electrons. The molecule has 0 amide bonds. The van der Waals surface area contributed by atoms with Crippen LogP contribution in [0.1, 0.15) is 47.5 Å². The molecule has 0 spiro atoms. The number of hydrogen-bond donors (Lipinski definition) is 3. The lowest BCUT2D eigenvalue weighted by Crippen LogP contribution is -2.41. The van der Waals surface area contributed by atoms with Crippen molar-refractivity contribution >= 4 is 0 Å². The second-order valence-electron chi connectivity index (χ2n) is 5.09. The van der Waals surface area contributed by atoms with Gasteiger partial charge in [0.25, 0.3) is 0 Å². The molecule has 0 rings (SSSR count). The molecule has 0 aromatic carbocycles. The Kier molecular flexibility index (Phi) is 6.41. The Morgan fingerprint density at radius 1 is 1.27 bits per heavy atom. The summed E-state index contributed by atoms with van der Waals surface area (Å²) in [6, 6.07) is 0.369. The maximum Gasteiger partial charge on any atom is 0.0692 e. The van der Waals surface area contributed by atoms with E-state index in [4.69, 9.17) is 0 Å². The van der Waals surface area contributed by atoms with Crippen LogP contribution in [0.5, 0.6) is 0 Å². The highest BCUT2D eigenvalue weighted by molar-refractivity contribution is 4.82. The first-order valence-corrected chi connectivity index (χ1v) is 5.93. The van der Waals surface area contributed by atoms with Crippen molar-refractivity contribution in [1.29, 1.82) is 0 Å². The SMILES string of the molecule is CCC(C)C(C)(O)CC(O)CNC(C)C. The predicted octanol–water partition coefficient (Wildman–Crippen LogP) is 1.53.